The van der Waals surface area contributed by atoms with Crippen LogP contribution in [0.25, 0.3) is 5.69 Å². The molecular formula is C18H23N3O2. The van der Waals surface area contributed by atoms with Crippen LogP contribution in [0.3, 0.4) is 0 Å². The molecule has 2 aromatic rings. The van der Waals surface area contributed by atoms with E-state index in [-0.39, 0.29) is 11.8 Å². The van der Waals surface area contributed by atoms with E-state index in [9.17, 15) is 4.79 Å². The number of hydrogen-bond donors (Lipinski definition) is 1. The number of amides is 1. The summed E-state index contributed by atoms with van der Waals surface area (Å²) >= 11 is 0. The minimum Gasteiger partial charge on any atom is -0.381 e. The summed E-state index contributed by atoms with van der Waals surface area (Å²) in [6.07, 6.45) is 4.13. The average molecular weight is 313 g/mol. The Bertz CT molecular complexity index is 687. The number of rotatable bonds is 4. The average Bonchev–Trinajstić information content (AvgIpc) is 2.98. The van der Waals surface area contributed by atoms with E-state index in [4.69, 9.17) is 4.74 Å². The molecule has 1 aromatic carbocycles. The second kappa shape index (κ2) is 6.96. The van der Waals surface area contributed by atoms with Crippen molar-refractivity contribution >= 4 is 11.6 Å². The van der Waals surface area contributed by atoms with E-state index < -0.39 is 0 Å². The second-order valence-corrected chi connectivity index (χ2v) is 5.99. The van der Waals surface area contributed by atoms with Gasteiger partial charge >= 0.3 is 0 Å². The molecule has 0 unspecified atom stereocenters. The first-order valence-electron chi connectivity index (χ1n) is 8.21. The Morgan fingerprint density at radius 1 is 1.39 bits per heavy atom. The van der Waals surface area contributed by atoms with Crippen molar-refractivity contribution in [3.8, 4) is 5.69 Å². The van der Waals surface area contributed by atoms with Gasteiger partial charge in [0.1, 0.15) is 0 Å². The maximum absolute atomic E-state index is 12.4. The van der Waals surface area contributed by atoms with Gasteiger partial charge in [0.25, 0.3) is 0 Å². The highest BCUT2D eigenvalue weighted by Crippen LogP contribution is 2.23. The molecule has 1 aliphatic heterocycles. The zero-order chi connectivity index (χ0) is 16.2. The predicted octanol–water partition coefficient (Wildman–Crippen LogP) is 3.11. The van der Waals surface area contributed by atoms with Gasteiger partial charge in [0.15, 0.2) is 0 Å². The van der Waals surface area contributed by atoms with Crippen LogP contribution < -0.4 is 5.32 Å². The predicted molar refractivity (Wildman–Crippen MR) is 89.9 cm³/mol. The van der Waals surface area contributed by atoms with Crippen molar-refractivity contribution in [2.75, 3.05) is 18.5 Å². The third-order valence-electron chi connectivity index (χ3n) is 4.30. The van der Waals surface area contributed by atoms with Crippen LogP contribution in [0, 0.1) is 12.8 Å². The normalized spacial score (nSPS) is 15.6. The van der Waals surface area contributed by atoms with E-state index >= 15 is 0 Å². The number of aryl methyl sites for hydroxylation is 1. The lowest BCUT2D eigenvalue weighted by molar-refractivity contribution is -0.122. The quantitative estimate of drug-likeness (QED) is 0.943. The third kappa shape index (κ3) is 3.45. The third-order valence-corrected chi connectivity index (χ3v) is 4.30. The highest BCUT2D eigenvalue weighted by molar-refractivity contribution is 5.93. The fourth-order valence-electron chi connectivity index (χ4n) is 3.00. The Morgan fingerprint density at radius 2 is 2.17 bits per heavy atom. The molecular weight excluding hydrogens is 290 g/mol. The molecule has 0 radical (unpaired) electrons. The lowest BCUT2D eigenvalue weighted by atomic mass is 9.99. The Labute approximate surface area is 136 Å². The number of anilines is 1. The molecule has 122 valence electrons. The monoisotopic (exact) mass is 313 g/mol. The number of aromatic nitrogens is 2. The first kappa shape index (κ1) is 15.7. The molecule has 1 fully saturated rings. The molecule has 2 heterocycles. The van der Waals surface area contributed by atoms with Crippen molar-refractivity contribution in [1.29, 1.82) is 0 Å². The van der Waals surface area contributed by atoms with Crippen LogP contribution in [0.1, 0.15) is 31.0 Å². The Kier molecular flexibility index (Phi) is 4.76. The molecule has 0 atom stereocenters. The van der Waals surface area contributed by atoms with Crippen LogP contribution >= 0.6 is 0 Å². The zero-order valence-electron chi connectivity index (χ0n) is 13.7. The molecule has 1 aromatic heterocycles. The molecule has 0 bridgehead atoms. The number of carbonyl (C=O) groups excluding carboxylic acids is 1. The van der Waals surface area contributed by atoms with Crippen molar-refractivity contribution < 1.29 is 9.53 Å². The summed E-state index contributed by atoms with van der Waals surface area (Å²) in [5.41, 5.74) is 4.04. The molecule has 3 rings (SSSR count). The first-order chi connectivity index (χ1) is 11.2. The topological polar surface area (TPSA) is 56.1 Å². The van der Waals surface area contributed by atoms with Gasteiger partial charge in [0.05, 0.1) is 23.3 Å². The number of benzene rings is 1. The number of hydrogen-bond acceptors (Lipinski definition) is 3. The van der Waals surface area contributed by atoms with Crippen molar-refractivity contribution in [3.63, 3.8) is 0 Å². The first-order valence-corrected chi connectivity index (χ1v) is 8.21. The summed E-state index contributed by atoms with van der Waals surface area (Å²) in [6.45, 7) is 5.47. The summed E-state index contributed by atoms with van der Waals surface area (Å²) in [4.78, 5) is 12.4. The van der Waals surface area contributed by atoms with E-state index in [0.29, 0.717) is 13.2 Å². The van der Waals surface area contributed by atoms with E-state index in [2.05, 4.69) is 36.4 Å². The van der Waals surface area contributed by atoms with Gasteiger partial charge in [-0.1, -0.05) is 19.1 Å². The highest BCUT2D eigenvalue weighted by atomic mass is 16.5. The van der Waals surface area contributed by atoms with Crippen molar-refractivity contribution in [1.82, 2.24) is 9.78 Å². The molecule has 23 heavy (non-hydrogen) atoms. The summed E-state index contributed by atoms with van der Waals surface area (Å²) in [5.74, 6) is 0.113. The fourth-order valence-corrected chi connectivity index (χ4v) is 3.00. The van der Waals surface area contributed by atoms with Gasteiger partial charge in [0, 0.05) is 19.1 Å². The smallest absolute Gasteiger partial charge is 0.227 e. The number of nitrogens with one attached hydrogen (secondary N) is 1. The highest BCUT2D eigenvalue weighted by Gasteiger charge is 2.23. The van der Waals surface area contributed by atoms with Gasteiger partial charge in [-0.25, -0.2) is 4.68 Å². The van der Waals surface area contributed by atoms with Crippen LogP contribution in [0.15, 0.2) is 30.5 Å². The van der Waals surface area contributed by atoms with Gasteiger partial charge in [-0.2, -0.15) is 5.10 Å². The van der Waals surface area contributed by atoms with E-state index in [1.54, 1.807) is 6.20 Å². The molecule has 1 saturated heterocycles. The minimum absolute atomic E-state index is 0.0378. The van der Waals surface area contributed by atoms with E-state index in [1.807, 2.05) is 16.8 Å². The van der Waals surface area contributed by atoms with Gasteiger partial charge in [-0.3, -0.25) is 4.79 Å². The molecule has 0 spiro atoms. The fraction of sp³-hybridized carbons (Fsp3) is 0.444. The van der Waals surface area contributed by atoms with E-state index in [1.165, 1.54) is 5.56 Å². The molecule has 1 amide bonds. The molecule has 1 aliphatic rings. The zero-order valence-corrected chi connectivity index (χ0v) is 13.7. The molecule has 5 nitrogen and oxygen atoms in total. The standard InChI is InChI=1S/C18H23N3O2/c1-3-17-16(20-18(22)14-7-9-23-10-8-14)12-19-21(17)15-6-4-5-13(2)11-15/h4-6,11-12,14H,3,7-10H2,1-2H3,(H,20,22). The Balaban J connectivity index is 1.82. The SMILES string of the molecule is CCc1c(NC(=O)C2CCOCC2)cnn1-c1cccc(C)c1. The maximum atomic E-state index is 12.4. The summed E-state index contributed by atoms with van der Waals surface area (Å²) in [5, 5.41) is 7.53. The number of ether oxygens (including phenoxy) is 1. The molecule has 1 N–H and O–H groups in total. The molecule has 0 aliphatic carbocycles. The van der Waals surface area contributed by atoms with Crippen LogP contribution in [0.2, 0.25) is 0 Å². The van der Waals surface area contributed by atoms with Crippen LogP contribution in [0.4, 0.5) is 5.69 Å². The summed E-state index contributed by atoms with van der Waals surface area (Å²) in [6, 6.07) is 8.21. The largest absolute Gasteiger partial charge is 0.381 e. The molecule has 5 heteroatoms. The van der Waals surface area contributed by atoms with Crippen molar-refractivity contribution in [2.45, 2.75) is 33.1 Å². The minimum atomic E-state index is 0.0378. The maximum Gasteiger partial charge on any atom is 0.227 e. The Morgan fingerprint density at radius 3 is 2.87 bits per heavy atom. The lowest BCUT2D eigenvalue weighted by Crippen LogP contribution is -2.28. The Hall–Kier alpha value is -2.14. The van der Waals surface area contributed by atoms with Gasteiger partial charge in [-0.15, -0.1) is 0 Å². The van der Waals surface area contributed by atoms with Crippen LogP contribution in [-0.4, -0.2) is 28.9 Å². The van der Waals surface area contributed by atoms with Gasteiger partial charge < -0.3 is 10.1 Å². The van der Waals surface area contributed by atoms with Crippen LogP contribution in [0.5, 0.6) is 0 Å². The van der Waals surface area contributed by atoms with Gasteiger partial charge in [0.2, 0.25) is 5.91 Å². The van der Waals surface area contributed by atoms with Crippen LogP contribution in [-0.2, 0) is 16.0 Å². The van der Waals surface area contributed by atoms with E-state index in [0.717, 1.165) is 36.3 Å². The molecule has 0 saturated carbocycles. The van der Waals surface area contributed by atoms with Gasteiger partial charge in [-0.05, 0) is 43.9 Å². The van der Waals surface area contributed by atoms with Crippen molar-refractivity contribution in [2.24, 2.45) is 5.92 Å². The summed E-state index contributed by atoms with van der Waals surface area (Å²) in [7, 11) is 0. The number of nitrogens with zero attached hydrogens (tertiary/aromatic N) is 2. The lowest BCUT2D eigenvalue weighted by Gasteiger charge is -2.21. The summed E-state index contributed by atoms with van der Waals surface area (Å²) < 4.78 is 7.23. The van der Waals surface area contributed by atoms with Crippen molar-refractivity contribution in [3.05, 3.63) is 41.7 Å². The number of carbonyl (C=O) groups is 1. The second-order valence-electron chi connectivity index (χ2n) is 5.99.